The van der Waals surface area contributed by atoms with Gasteiger partial charge in [-0.25, -0.2) is 0 Å². The Balaban J connectivity index is 1.34. The number of nitrogens with zero attached hydrogens (tertiary/aromatic N) is 1. The van der Waals surface area contributed by atoms with Crippen LogP contribution in [-0.4, -0.2) is 86.2 Å². The maximum absolute atomic E-state index is 12.2. The highest BCUT2D eigenvalue weighted by atomic mass is 16.5. The first-order valence-corrected chi connectivity index (χ1v) is 9.84. The number of nitrogens with one attached hydrogen (secondary N) is 2. The van der Waals surface area contributed by atoms with Crippen LogP contribution < -0.4 is 10.6 Å². The quantitative estimate of drug-likeness (QED) is 0.638. The zero-order chi connectivity index (χ0) is 17.5. The van der Waals surface area contributed by atoms with E-state index in [9.17, 15) is 9.90 Å². The second kappa shape index (κ2) is 9.83. The molecule has 3 N–H and O–H groups in total. The third kappa shape index (κ3) is 6.18. The van der Waals surface area contributed by atoms with Crippen molar-refractivity contribution in [3.05, 3.63) is 0 Å². The molecule has 3 aliphatic heterocycles. The lowest BCUT2D eigenvalue weighted by atomic mass is 9.96. The summed E-state index contributed by atoms with van der Waals surface area (Å²) in [6.07, 6.45) is 5.60. The van der Waals surface area contributed by atoms with Crippen LogP contribution in [0.5, 0.6) is 0 Å². The van der Waals surface area contributed by atoms with Crippen LogP contribution in [0.2, 0.25) is 0 Å². The van der Waals surface area contributed by atoms with Gasteiger partial charge in [0.1, 0.15) is 0 Å². The van der Waals surface area contributed by atoms with E-state index in [-0.39, 0.29) is 24.2 Å². The van der Waals surface area contributed by atoms with E-state index >= 15 is 0 Å². The van der Waals surface area contributed by atoms with Crippen molar-refractivity contribution in [2.24, 2.45) is 0 Å². The van der Waals surface area contributed by atoms with Gasteiger partial charge in [0.25, 0.3) is 0 Å². The molecule has 0 bridgehead atoms. The van der Waals surface area contributed by atoms with E-state index in [2.05, 4.69) is 15.5 Å². The van der Waals surface area contributed by atoms with E-state index in [0.29, 0.717) is 26.2 Å². The number of aliphatic hydroxyl groups is 1. The van der Waals surface area contributed by atoms with E-state index in [0.717, 1.165) is 39.0 Å². The summed E-state index contributed by atoms with van der Waals surface area (Å²) in [5.74, 6) is 0.0793. The van der Waals surface area contributed by atoms with Gasteiger partial charge in [0.15, 0.2) is 0 Å². The predicted octanol–water partition coefficient (Wildman–Crippen LogP) is -0.124. The van der Waals surface area contributed by atoms with E-state index in [4.69, 9.17) is 9.47 Å². The molecule has 0 aromatic carbocycles. The fraction of sp³-hybridized carbons (Fsp3) is 0.944. The molecule has 3 rings (SSSR count). The lowest BCUT2D eigenvalue weighted by molar-refractivity contribution is -0.137. The van der Waals surface area contributed by atoms with Crippen molar-refractivity contribution in [1.29, 1.82) is 0 Å². The molecule has 25 heavy (non-hydrogen) atoms. The van der Waals surface area contributed by atoms with Crippen molar-refractivity contribution < 1.29 is 19.4 Å². The molecule has 0 aromatic rings. The third-order valence-electron chi connectivity index (χ3n) is 5.44. The Bertz CT molecular complexity index is 417. The third-order valence-corrected chi connectivity index (χ3v) is 5.44. The molecule has 1 amide bonds. The first-order chi connectivity index (χ1) is 12.2. The Morgan fingerprint density at radius 3 is 2.88 bits per heavy atom. The fourth-order valence-electron chi connectivity index (χ4n) is 3.98. The van der Waals surface area contributed by atoms with Gasteiger partial charge >= 0.3 is 0 Å². The van der Waals surface area contributed by atoms with E-state index < -0.39 is 6.10 Å². The Morgan fingerprint density at radius 1 is 1.20 bits per heavy atom. The molecule has 3 heterocycles. The number of fused-ring (bicyclic) bond motifs is 1. The highest BCUT2D eigenvalue weighted by molar-refractivity contribution is 5.76. The van der Waals surface area contributed by atoms with Crippen LogP contribution in [0.15, 0.2) is 0 Å². The van der Waals surface area contributed by atoms with E-state index in [1.54, 1.807) is 0 Å². The number of carbonyl (C=O) groups is 1. The van der Waals surface area contributed by atoms with Gasteiger partial charge in [-0.15, -0.1) is 0 Å². The van der Waals surface area contributed by atoms with Gasteiger partial charge in [0.2, 0.25) is 5.91 Å². The number of likely N-dealkylation sites (tertiary alicyclic amines) is 1. The number of piperidine rings is 1. The van der Waals surface area contributed by atoms with Crippen LogP contribution in [0, 0.1) is 0 Å². The summed E-state index contributed by atoms with van der Waals surface area (Å²) in [4.78, 5) is 14.6. The maximum Gasteiger partial charge on any atom is 0.222 e. The second-order valence-electron chi connectivity index (χ2n) is 7.54. The van der Waals surface area contributed by atoms with Crippen LogP contribution in [-0.2, 0) is 14.3 Å². The minimum atomic E-state index is -0.454. The van der Waals surface area contributed by atoms with Gasteiger partial charge in [0.05, 0.1) is 37.9 Å². The number of rotatable bonds is 5. The van der Waals surface area contributed by atoms with Crippen molar-refractivity contribution in [3.63, 3.8) is 0 Å². The lowest BCUT2D eigenvalue weighted by Crippen LogP contribution is -2.54. The topological polar surface area (TPSA) is 83.1 Å². The number of ether oxygens (including phenoxy) is 2. The maximum atomic E-state index is 12.2. The molecule has 0 unspecified atom stereocenters. The molecule has 0 aromatic heterocycles. The van der Waals surface area contributed by atoms with Crippen molar-refractivity contribution in [1.82, 2.24) is 15.5 Å². The summed E-state index contributed by atoms with van der Waals surface area (Å²) in [6.45, 7) is 5.33. The first kappa shape index (κ1) is 19.0. The van der Waals surface area contributed by atoms with Crippen molar-refractivity contribution in [2.75, 3.05) is 45.9 Å². The number of carbonyl (C=O) groups excluding carboxylic acids is 1. The molecule has 0 spiro atoms. The minimum absolute atomic E-state index is 0.0348. The number of hydrogen-bond acceptors (Lipinski definition) is 6. The summed E-state index contributed by atoms with van der Waals surface area (Å²) in [6, 6.07) is 0.202. The molecule has 3 fully saturated rings. The summed E-state index contributed by atoms with van der Waals surface area (Å²) >= 11 is 0. The lowest BCUT2D eigenvalue weighted by Gasteiger charge is -2.38. The number of β-amino-alcohol motifs (C(OH)–C–C–N with tert-alkyl or cyclic N) is 1. The number of hydrogen-bond donors (Lipinski definition) is 3. The Morgan fingerprint density at radius 2 is 2.04 bits per heavy atom. The predicted molar refractivity (Wildman–Crippen MR) is 94.4 cm³/mol. The molecular formula is C18H33N3O4. The van der Waals surface area contributed by atoms with Crippen molar-refractivity contribution in [3.8, 4) is 0 Å². The molecule has 7 nitrogen and oxygen atoms in total. The SMILES string of the molecule is O=C(C[C@@H]1CC[C@@H]2NC[C@@H](O)COC[C@H]2O1)NCCN1CCCCC1. The number of amides is 1. The molecule has 0 radical (unpaired) electrons. The van der Waals surface area contributed by atoms with E-state index in [1.165, 1.54) is 19.3 Å². The normalized spacial score (nSPS) is 34.6. The molecule has 144 valence electrons. The highest BCUT2D eigenvalue weighted by Crippen LogP contribution is 2.23. The molecule has 3 aliphatic rings. The number of aliphatic hydroxyl groups excluding tert-OH is 1. The fourth-order valence-corrected chi connectivity index (χ4v) is 3.98. The largest absolute Gasteiger partial charge is 0.389 e. The van der Waals surface area contributed by atoms with Gasteiger partial charge in [-0.2, -0.15) is 0 Å². The molecule has 0 saturated carbocycles. The molecule has 7 heteroatoms. The molecule has 0 aliphatic carbocycles. The van der Waals surface area contributed by atoms with Crippen molar-refractivity contribution in [2.45, 2.75) is 62.9 Å². The zero-order valence-corrected chi connectivity index (χ0v) is 15.1. The van der Waals surface area contributed by atoms with Crippen LogP contribution in [0.4, 0.5) is 0 Å². The average molecular weight is 355 g/mol. The summed E-state index contributed by atoms with van der Waals surface area (Å²) in [7, 11) is 0. The summed E-state index contributed by atoms with van der Waals surface area (Å²) in [5.41, 5.74) is 0. The summed E-state index contributed by atoms with van der Waals surface area (Å²) in [5, 5.41) is 16.1. The van der Waals surface area contributed by atoms with E-state index in [1.807, 2.05) is 0 Å². The van der Waals surface area contributed by atoms with Crippen LogP contribution in [0.3, 0.4) is 0 Å². The van der Waals surface area contributed by atoms with Crippen molar-refractivity contribution >= 4 is 5.91 Å². The van der Waals surface area contributed by atoms with Crippen LogP contribution in [0.1, 0.15) is 38.5 Å². The van der Waals surface area contributed by atoms with Crippen LogP contribution >= 0.6 is 0 Å². The van der Waals surface area contributed by atoms with Gasteiger partial charge in [-0.05, 0) is 38.8 Å². The molecule has 4 atom stereocenters. The summed E-state index contributed by atoms with van der Waals surface area (Å²) < 4.78 is 11.6. The van der Waals surface area contributed by atoms with Gasteiger partial charge in [0, 0.05) is 25.7 Å². The minimum Gasteiger partial charge on any atom is -0.389 e. The Hall–Kier alpha value is -0.730. The average Bonchev–Trinajstić information content (AvgIpc) is 2.60. The standard InChI is InChI=1S/C18H33N3O4/c22-14-11-20-16-5-4-15(25-17(16)13-24-12-14)10-18(23)19-6-9-21-7-2-1-3-8-21/h14-17,20,22H,1-13H2,(H,19,23)/t14-,15+,16+,17-/m1/s1. The smallest absolute Gasteiger partial charge is 0.222 e. The van der Waals surface area contributed by atoms with Gasteiger partial charge < -0.3 is 30.1 Å². The Kier molecular flexibility index (Phi) is 7.49. The molecular weight excluding hydrogens is 322 g/mol. The first-order valence-electron chi connectivity index (χ1n) is 9.84. The second-order valence-corrected chi connectivity index (χ2v) is 7.54. The Labute approximate surface area is 150 Å². The highest BCUT2D eigenvalue weighted by Gasteiger charge is 2.33. The van der Waals surface area contributed by atoms with Gasteiger partial charge in [-0.3, -0.25) is 4.79 Å². The van der Waals surface area contributed by atoms with Crippen LogP contribution in [0.25, 0.3) is 0 Å². The van der Waals surface area contributed by atoms with Gasteiger partial charge in [-0.1, -0.05) is 6.42 Å². The molecule has 3 saturated heterocycles. The monoisotopic (exact) mass is 355 g/mol. The zero-order valence-electron chi connectivity index (χ0n) is 15.1.